The molecule has 0 aliphatic heterocycles. The second-order valence-corrected chi connectivity index (χ2v) is 8.76. The third-order valence-electron chi connectivity index (χ3n) is 4.20. The molecule has 0 unspecified atom stereocenters. The fourth-order valence-electron chi connectivity index (χ4n) is 2.72. The number of aryl methyl sites for hydroxylation is 2. The zero-order chi connectivity index (χ0) is 20.7. The molecule has 6 nitrogen and oxygen atoms in total. The minimum atomic E-state index is -4.02. The highest BCUT2D eigenvalue weighted by Gasteiger charge is 2.29. The molecule has 8 heteroatoms. The van der Waals surface area contributed by atoms with E-state index in [1.807, 2.05) is 25.1 Å². The summed E-state index contributed by atoms with van der Waals surface area (Å²) in [5.74, 6) is -1.20. The Morgan fingerprint density at radius 1 is 1.11 bits per heavy atom. The summed E-state index contributed by atoms with van der Waals surface area (Å²) in [5.41, 5.74) is 2.19. The predicted molar refractivity (Wildman–Crippen MR) is 109 cm³/mol. The van der Waals surface area contributed by atoms with Crippen LogP contribution in [0.5, 0.6) is 0 Å². The van der Waals surface area contributed by atoms with Crippen LogP contribution in [-0.4, -0.2) is 45.8 Å². The summed E-state index contributed by atoms with van der Waals surface area (Å²) < 4.78 is 41.0. The van der Waals surface area contributed by atoms with Gasteiger partial charge in [-0.3, -0.25) is 4.79 Å². The molecular formula is C20H26FN3O3S. The maximum atomic E-state index is 14.2. The van der Waals surface area contributed by atoms with Crippen molar-refractivity contribution in [2.24, 2.45) is 0 Å². The van der Waals surface area contributed by atoms with E-state index in [4.69, 9.17) is 0 Å². The first kappa shape index (κ1) is 21.8. The molecule has 0 spiro atoms. The summed E-state index contributed by atoms with van der Waals surface area (Å²) in [4.78, 5) is 12.3. The molecule has 0 fully saturated rings. The molecule has 0 bridgehead atoms. The smallest absolute Gasteiger partial charge is 0.304 e. The number of anilines is 1. The first-order valence-corrected chi connectivity index (χ1v) is 10.4. The van der Waals surface area contributed by atoms with Gasteiger partial charge >= 0.3 is 10.2 Å². The molecule has 1 amide bonds. The standard InChI is InChI=1S/C20H26FN3O3S/c1-16-8-6-9-17(14-16)10-7-13-22-20(25)15-24(28(26,27)23(2)3)19-12-5-4-11-18(19)21/h4-6,8-9,11-12,14H,7,10,13,15H2,1-3H3,(H,22,25). The Kier molecular flexibility index (Phi) is 7.53. The third-order valence-corrected chi connectivity index (χ3v) is 6.00. The van der Waals surface area contributed by atoms with Crippen molar-refractivity contribution in [1.82, 2.24) is 9.62 Å². The number of halogens is 1. The molecule has 0 aromatic heterocycles. The number of hydrogen-bond donors (Lipinski definition) is 1. The van der Waals surface area contributed by atoms with Crippen LogP contribution in [0.25, 0.3) is 0 Å². The number of nitrogens with zero attached hydrogens (tertiary/aromatic N) is 2. The van der Waals surface area contributed by atoms with Gasteiger partial charge < -0.3 is 5.32 Å². The molecule has 0 radical (unpaired) electrons. The molecule has 2 rings (SSSR count). The maximum Gasteiger partial charge on any atom is 0.304 e. The van der Waals surface area contributed by atoms with Gasteiger partial charge in [0.1, 0.15) is 12.4 Å². The molecule has 0 saturated heterocycles. The first-order valence-electron chi connectivity index (χ1n) is 8.99. The van der Waals surface area contributed by atoms with Gasteiger partial charge in [0.25, 0.3) is 0 Å². The number of benzene rings is 2. The minimum Gasteiger partial charge on any atom is -0.355 e. The van der Waals surface area contributed by atoms with Crippen LogP contribution in [0.15, 0.2) is 48.5 Å². The van der Waals surface area contributed by atoms with Crippen LogP contribution >= 0.6 is 0 Å². The van der Waals surface area contributed by atoms with Crippen LogP contribution in [0.1, 0.15) is 17.5 Å². The molecule has 0 atom stereocenters. The lowest BCUT2D eigenvalue weighted by Gasteiger charge is -2.27. The van der Waals surface area contributed by atoms with Crippen molar-refractivity contribution in [3.63, 3.8) is 0 Å². The van der Waals surface area contributed by atoms with Gasteiger partial charge in [0, 0.05) is 20.6 Å². The van der Waals surface area contributed by atoms with Gasteiger partial charge in [0.15, 0.2) is 0 Å². The first-order chi connectivity index (χ1) is 13.2. The number of rotatable bonds is 9. The monoisotopic (exact) mass is 407 g/mol. The topological polar surface area (TPSA) is 69.7 Å². The highest BCUT2D eigenvalue weighted by atomic mass is 32.2. The van der Waals surface area contributed by atoms with Gasteiger partial charge in [-0.2, -0.15) is 12.7 Å². The van der Waals surface area contributed by atoms with Gasteiger partial charge in [-0.1, -0.05) is 42.0 Å². The summed E-state index contributed by atoms with van der Waals surface area (Å²) in [5, 5.41) is 2.71. The Labute approximate surface area is 166 Å². The van der Waals surface area contributed by atoms with Crippen molar-refractivity contribution in [1.29, 1.82) is 0 Å². The lowest BCUT2D eigenvalue weighted by Crippen LogP contribution is -2.46. The van der Waals surface area contributed by atoms with E-state index in [1.165, 1.54) is 43.4 Å². The molecule has 2 aromatic rings. The van der Waals surface area contributed by atoms with Crippen LogP contribution in [0.3, 0.4) is 0 Å². The number of carbonyl (C=O) groups excluding carboxylic acids is 1. The number of nitrogens with one attached hydrogen (secondary N) is 1. The second-order valence-electron chi connectivity index (χ2n) is 6.69. The Morgan fingerprint density at radius 3 is 2.46 bits per heavy atom. The van der Waals surface area contributed by atoms with Crippen LogP contribution in [0.2, 0.25) is 0 Å². The summed E-state index contributed by atoms with van der Waals surface area (Å²) in [7, 11) is -1.35. The lowest BCUT2D eigenvalue weighted by atomic mass is 10.1. The summed E-state index contributed by atoms with van der Waals surface area (Å²) in [6.45, 7) is 1.93. The molecule has 28 heavy (non-hydrogen) atoms. The van der Waals surface area contributed by atoms with E-state index in [2.05, 4.69) is 11.4 Å². The number of amides is 1. The molecule has 0 heterocycles. The van der Waals surface area contributed by atoms with Crippen LogP contribution < -0.4 is 9.62 Å². The fraction of sp³-hybridized carbons (Fsp3) is 0.350. The van der Waals surface area contributed by atoms with E-state index in [1.54, 1.807) is 0 Å². The molecule has 0 aliphatic carbocycles. The molecule has 2 aromatic carbocycles. The second kappa shape index (κ2) is 9.66. The molecule has 0 aliphatic rings. The van der Waals surface area contributed by atoms with Crippen LogP contribution in [-0.2, 0) is 21.4 Å². The van der Waals surface area contributed by atoms with E-state index in [0.717, 1.165) is 27.5 Å². The number of carbonyl (C=O) groups is 1. The summed E-state index contributed by atoms with van der Waals surface area (Å²) >= 11 is 0. The fourth-order valence-corrected chi connectivity index (χ4v) is 3.79. The van der Waals surface area contributed by atoms with E-state index in [0.29, 0.717) is 6.54 Å². The predicted octanol–water partition coefficient (Wildman–Crippen LogP) is 2.50. The lowest BCUT2D eigenvalue weighted by molar-refractivity contribution is -0.119. The average Bonchev–Trinajstić information content (AvgIpc) is 2.64. The molecular weight excluding hydrogens is 381 g/mol. The molecule has 152 valence electrons. The third kappa shape index (κ3) is 5.77. The van der Waals surface area contributed by atoms with Gasteiger partial charge in [-0.15, -0.1) is 0 Å². The minimum absolute atomic E-state index is 0.161. The highest BCUT2D eigenvalue weighted by Crippen LogP contribution is 2.22. The molecule has 1 N–H and O–H groups in total. The number of para-hydroxylation sites is 1. The Hall–Kier alpha value is -2.45. The van der Waals surface area contributed by atoms with Crippen LogP contribution in [0, 0.1) is 12.7 Å². The quantitative estimate of drug-likeness (QED) is 0.650. The van der Waals surface area contributed by atoms with Crippen molar-refractivity contribution in [3.05, 3.63) is 65.5 Å². The van der Waals surface area contributed by atoms with Crippen molar-refractivity contribution >= 4 is 21.8 Å². The van der Waals surface area contributed by atoms with Crippen molar-refractivity contribution in [3.8, 4) is 0 Å². The van der Waals surface area contributed by atoms with E-state index >= 15 is 0 Å². The van der Waals surface area contributed by atoms with E-state index < -0.39 is 28.5 Å². The van der Waals surface area contributed by atoms with Gasteiger partial charge in [0.05, 0.1) is 5.69 Å². The van der Waals surface area contributed by atoms with E-state index in [9.17, 15) is 17.6 Å². The van der Waals surface area contributed by atoms with Crippen molar-refractivity contribution < 1.29 is 17.6 Å². The zero-order valence-electron chi connectivity index (χ0n) is 16.4. The number of hydrogen-bond acceptors (Lipinski definition) is 3. The Balaban J connectivity index is 2.00. The Morgan fingerprint density at radius 2 is 1.82 bits per heavy atom. The van der Waals surface area contributed by atoms with E-state index in [-0.39, 0.29) is 5.69 Å². The largest absolute Gasteiger partial charge is 0.355 e. The molecule has 0 saturated carbocycles. The van der Waals surface area contributed by atoms with Crippen molar-refractivity contribution in [2.45, 2.75) is 19.8 Å². The van der Waals surface area contributed by atoms with Gasteiger partial charge in [-0.05, 0) is 37.5 Å². The normalized spacial score (nSPS) is 11.5. The SMILES string of the molecule is Cc1cccc(CCCNC(=O)CN(c2ccccc2F)S(=O)(=O)N(C)C)c1. The zero-order valence-corrected chi connectivity index (χ0v) is 17.2. The Bertz CT molecular complexity index is 916. The average molecular weight is 408 g/mol. The summed E-state index contributed by atoms with van der Waals surface area (Å²) in [6.07, 6.45) is 1.52. The summed E-state index contributed by atoms with van der Waals surface area (Å²) in [6, 6.07) is 13.6. The van der Waals surface area contributed by atoms with Crippen LogP contribution in [0.4, 0.5) is 10.1 Å². The van der Waals surface area contributed by atoms with Gasteiger partial charge in [-0.25, -0.2) is 8.70 Å². The highest BCUT2D eigenvalue weighted by molar-refractivity contribution is 7.90. The van der Waals surface area contributed by atoms with Crippen molar-refractivity contribution in [2.75, 3.05) is 31.5 Å². The van der Waals surface area contributed by atoms with Gasteiger partial charge in [0.2, 0.25) is 5.91 Å². The maximum absolute atomic E-state index is 14.2.